The van der Waals surface area contributed by atoms with E-state index in [9.17, 15) is 0 Å². The quantitative estimate of drug-likeness (QED) is 0.584. The van der Waals surface area contributed by atoms with Crippen LogP contribution in [-0.4, -0.2) is 39.9 Å². The van der Waals surface area contributed by atoms with Crippen LogP contribution in [0.15, 0.2) is 17.1 Å². The summed E-state index contributed by atoms with van der Waals surface area (Å²) < 4.78 is 15.6. The van der Waals surface area contributed by atoms with Gasteiger partial charge >= 0.3 is 0 Å². The van der Waals surface area contributed by atoms with Crippen LogP contribution in [0, 0.1) is 5.41 Å². The molecule has 0 aromatic heterocycles. The predicted octanol–water partition coefficient (Wildman–Crippen LogP) is 1.07. The molecule has 0 fully saturated rings. The zero-order valence-corrected chi connectivity index (χ0v) is 10.7. The lowest BCUT2D eigenvalue weighted by atomic mass is 10.2. The number of hydrogen-bond donors (Lipinski definition) is 2. The van der Waals surface area contributed by atoms with Crippen LogP contribution in [-0.2, 0) is 0 Å². The highest BCUT2D eigenvalue weighted by atomic mass is 16.5. The molecule has 0 aliphatic carbocycles. The lowest BCUT2D eigenvalue weighted by Crippen LogP contribution is -2.13. The fourth-order valence-corrected chi connectivity index (χ4v) is 1.40. The van der Waals surface area contributed by atoms with E-state index in [-0.39, 0.29) is 12.4 Å². The molecule has 0 bridgehead atoms. The van der Waals surface area contributed by atoms with Crippen molar-refractivity contribution in [3.63, 3.8) is 0 Å². The van der Waals surface area contributed by atoms with E-state index in [2.05, 4.69) is 4.99 Å². The summed E-state index contributed by atoms with van der Waals surface area (Å²) in [6, 6.07) is 3.47. The summed E-state index contributed by atoms with van der Waals surface area (Å²) in [5, 5.41) is 7.09. The van der Waals surface area contributed by atoms with Crippen molar-refractivity contribution in [1.82, 2.24) is 0 Å². The van der Waals surface area contributed by atoms with Gasteiger partial charge in [-0.2, -0.15) is 0 Å². The molecule has 98 valence electrons. The maximum Gasteiger partial charge on any atom is 0.164 e. The first-order chi connectivity index (χ1) is 8.62. The molecule has 6 nitrogen and oxygen atoms in total. The Kier molecular flexibility index (Phi) is 4.98. The minimum absolute atomic E-state index is 0.00527. The Balaban J connectivity index is 3.09. The maximum absolute atomic E-state index is 7.09. The third-order valence-electron chi connectivity index (χ3n) is 2.23. The molecule has 1 aromatic carbocycles. The summed E-state index contributed by atoms with van der Waals surface area (Å²) in [4.78, 5) is 4.03. The minimum Gasteiger partial charge on any atom is -0.496 e. The molecule has 0 aliphatic heterocycles. The Morgan fingerprint density at radius 2 is 1.72 bits per heavy atom. The Morgan fingerprint density at radius 1 is 1.17 bits per heavy atom. The third kappa shape index (κ3) is 3.38. The van der Waals surface area contributed by atoms with E-state index in [0.29, 0.717) is 17.2 Å². The topological polar surface area (TPSA) is 89.9 Å². The Hall–Kier alpha value is -2.24. The summed E-state index contributed by atoms with van der Waals surface area (Å²) >= 11 is 0. The molecule has 1 rings (SSSR count). The molecule has 0 atom stereocenters. The van der Waals surface area contributed by atoms with Crippen LogP contribution in [0.3, 0.4) is 0 Å². The molecule has 0 unspecified atom stereocenters. The molecular formula is C12H17N3O3. The molecule has 0 radical (unpaired) electrons. The number of amidine groups is 1. The SMILES string of the molecule is COc1cc(OC)c(OC)cc1C=NCC(=N)N. The van der Waals surface area contributed by atoms with Crippen molar-refractivity contribution in [2.75, 3.05) is 27.9 Å². The van der Waals surface area contributed by atoms with E-state index in [4.69, 9.17) is 25.4 Å². The average molecular weight is 251 g/mol. The van der Waals surface area contributed by atoms with E-state index in [0.717, 1.165) is 5.56 Å². The van der Waals surface area contributed by atoms with Gasteiger partial charge in [0.05, 0.1) is 27.9 Å². The second-order valence-corrected chi connectivity index (χ2v) is 3.44. The first kappa shape index (κ1) is 13.8. The first-order valence-corrected chi connectivity index (χ1v) is 5.25. The van der Waals surface area contributed by atoms with E-state index < -0.39 is 0 Å². The van der Waals surface area contributed by atoms with Crippen molar-refractivity contribution < 1.29 is 14.2 Å². The molecule has 0 heterocycles. The standard InChI is InChI=1S/C12H17N3O3/c1-16-9-5-11(18-3)10(17-2)4-8(9)6-15-7-12(13)14/h4-6H,7H2,1-3H3,(H3,13,14). The van der Waals surface area contributed by atoms with Crippen molar-refractivity contribution in [3.05, 3.63) is 17.7 Å². The van der Waals surface area contributed by atoms with Gasteiger partial charge in [0, 0.05) is 17.8 Å². The smallest absolute Gasteiger partial charge is 0.164 e. The van der Waals surface area contributed by atoms with Gasteiger partial charge in [-0.1, -0.05) is 0 Å². The summed E-state index contributed by atoms with van der Waals surface area (Å²) in [6.07, 6.45) is 1.59. The first-order valence-electron chi connectivity index (χ1n) is 5.25. The molecular weight excluding hydrogens is 234 g/mol. The molecule has 0 spiro atoms. The van der Waals surface area contributed by atoms with Crippen molar-refractivity contribution >= 4 is 12.1 Å². The van der Waals surface area contributed by atoms with Crippen molar-refractivity contribution in [3.8, 4) is 17.2 Å². The lowest BCUT2D eigenvalue weighted by molar-refractivity contribution is 0.349. The number of rotatable bonds is 6. The van der Waals surface area contributed by atoms with Crippen molar-refractivity contribution in [1.29, 1.82) is 5.41 Å². The monoisotopic (exact) mass is 251 g/mol. The maximum atomic E-state index is 7.09. The highest BCUT2D eigenvalue weighted by Crippen LogP contribution is 2.33. The molecule has 0 aliphatic rings. The molecule has 1 aromatic rings. The van der Waals surface area contributed by atoms with Crippen LogP contribution in [0.5, 0.6) is 17.2 Å². The second-order valence-electron chi connectivity index (χ2n) is 3.44. The average Bonchev–Trinajstić information content (AvgIpc) is 2.37. The van der Waals surface area contributed by atoms with Gasteiger partial charge in [0.2, 0.25) is 0 Å². The summed E-state index contributed by atoms with van der Waals surface area (Å²) in [5.74, 6) is 1.78. The zero-order chi connectivity index (χ0) is 13.5. The number of benzene rings is 1. The van der Waals surface area contributed by atoms with Gasteiger partial charge in [0.1, 0.15) is 11.6 Å². The van der Waals surface area contributed by atoms with E-state index in [1.54, 1.807) is 39.7 Å². The van der Waals surface area contributed by atoms with Gasteiger partial charge in [0.25, 0.3) is 0 Å². The van der Waals surface area contributed by atoms with Crippen LogP contribution < -0.4 is 19.9 Å². The normalized spacial score (nSPS) is 10.4. The molecule has 3 N–H and O–H groups in total. The number of nitrogens with one attached hydrogen (secondary N) is 1. The van der Waals surface area contributed by atoms with E-state index in [1.807, 2.05) is 0 Å². The lowest BCUT2D eigenvalue weighted by Gasteiger charge is -2.11. The highest BCUT2D eigenvalue weighted by Gasteiger charge is 2.10. The van der Waals surface area contributed by atoms with Gasteiger partial charge < -0.3 is 19.9 Å². The Bertz CT molecular complexity index is 458. The van der Waals surface area contributed by atoms with Gasteiger partial charge in [-0.05, 0) is 6.07 Å². The molecule has 18 heavy (non-hydrogen) atoms. The number of nitrogens with zero attached hydrogens (tertiary/aromatic N) is 1. The van der Waals surface area contributed by atoms with Crippen LogP contribution >= 0.6 is 0 Å². The third-order valence-corrected chi connectivity index (χ3v) is 2.23. The van der Waals surface area contributed by atoms with Crippen molar-refractivity contribution in [2.24, 2.45) is 10.7 Å². The number of ether oxygens (including phenoxy) is 3. The van der Waals surface area contributed by atoms with E-state index in [1.165, 1.54) is 0 Å². The number of hydrogen-bond acceptors (Lipinski definition) is 5. The highest BCUT2D eigenvalue weighted by molar-refractivity contribution is 5.87. The fraction of sp³-hybridized carbons (Fsp3) is 0.333. The van der Waals surface area contributed by atoms with Crippen molar-refractivity contribution in [2.45, 2.75) is 0 Å². The van der Waals surface area contributed by atoms with Gasteiger partial charge in [-0.15, -0.1) is 0 Å². The second kappa shape index (κ2) is 6.48. The predicted molar refractivity (Wildman–Crippen MR) is 70.5 cm³/mol. The minimum atomic E-state index is 0.00527. The van der Waals surface area contributed by atoms with Crippen LogP contribution in [0.4, 0.5) is 0 Å². The summed E-state index contributed by atoms with van der Waals surface area (Å²) in [7, 11) is 4.67. The van der Waals surface area contributed by atoms with Crippen LogP contribution in [0.25, 0.3) is 0 Å². The number of aliphatic imine (C=N–C) groups is 1. The largest absolute Gasteiger partial charge is 0.496 e. The van der Waals surface area contributed by atoms with Gasteiger partial charge in [-0.25, -0.2) is 0 Å². The fourth-order valence-electron chi connectivity index (χ4n) is 1.40. The number of methoxy groups -OCH3 is 3. The van der Waals surface area contributed by atoms with Crippen LogP contribution in [0.2, 0.25) is 0 Å². The summed E-state index contributed by atoms with van der Waals surface area (Å²) in [5.41, 5.74) is 5.96. The molecule has 0 saturated heterocycles. The molecule has 6 heteroatoms. The Labute approximate surface area is 106 Å². The molecule has 0 saturated carbocycles. The van der Waals surface area contributed by atoms with Gasteiger partial charge in [-0.3, -0.25) is 10.4 Å². The molecule has 0 amide bonds. The van der Waals surface area contributed by atoms with Gasteiger partial charge in [0.15, 0.2) is 11.5 Å². The van der Waals surface area contributed by atoms with Crippen LogP contribution in [0.1, 0.15) is 5.56 Å². The Morgan fingerprint density at radius 3 is 2.22 bits per heavy atom. The number of nitrogens with two attached hydrogens (primary N) is 1. The summed E-state index contributed by atoms with van der Waals surface area (Å²) in [6.45, 7) is 0.150. The van der Waals surface area contributed by atoms with E-state index >= 15 is 0 Å². The zero-order valence-electron chi connectivity index (χ0n) is 10.7.